The number of carbonyl (C=O) groups is 1. The molecule has 0 radical (unpaired) electrons. The quantitative estimate of drug-likeness (QED) is 0.605. The number of halogens is 3. The number of amides is 1. The van der Waals surface area contributed by atoms with Gasteiger partial charge in [-0.25, -0.2) is 0 Å². The van der Waals surface area contributed by atoms with Crippen molar-refractivity contribution in [1.29, 1.82) is 0 Å². The zero-order valence-electron chi connectivity index (χ0n) is 17.2. The monoisotopic (exact) mass is 441 g/mol. The highest BCUT2D eigenvalue weighted by atomic mass is 19.4. The molecule has 9 heteroatoms. The third-order valence-corrected chi connectivity index (χ3v) is 5.44. The van der Waals surface area contributed by atoms with Crippen molar-refractivity contribution in [2.75, 3.05) is 20.3 Å². The van der Waals surface area contributed by atoms with Crippen LogP contribution in [0.4, 0.5) is 13.2 Å². The highest BCUT2D eigenvalue weighted by Gasteiger charge is 2.55. The fraction of sp³-hybridized carbons (Fsp3) is 0.500. The van der Waals surface area contributed by atoms with Crippen molar-refractivity contribution in [2.45, 2.75) is 43.4 Å². The van der Waals surface area contributed by atoms with Crippen molar-refractivity contribution in [3.05, 3.63) is 61.2 Å². The molecule has 3 rings (SSSR count). The van der Waals surface area contributed by atoms with E-state index in [4.69, 9.17) is 18.9 Å². The number of alkyl halides is 3. The Kier molecular flexibility index (Phi) is 7.53. The molecule has 1 aromatic carbocycles. The first kappa shape index (κ1) is 23.5. The van der Waals surface area contributed by atoms with E-state index in [-0.39, 0.29) is 19.6 Å². The normalized spacial score (nSPS) is 30.8. The molecular formula is C22H26F3NO5. The molecule has 0 saturated carbocycles. The van der Waals surface area contributed by atoms with Gasteiger partial charge in [0.2, 0.25) is 0 Å². The van der Waals surface area contributed by atoms with Crippen LogP contribution in [0.25, 0.3) is 0 Å². The molecule has 31 heavy (non-hydrogen) atoms. The van der Waals surface area contributed by atoms with E-state index in [9.17, 15) is 18.0 Å². The van der Waals surface area contributed by atoms with Gasteiger partial charge in [0.1, 0.15) is 6.10 Å². The van der Waals surface area contributed by atoms with E-state index in [2.05, 4.69) is 13.2 Å². The summed E-state index contributed by atoms with van der Waals surface area (Å²) in [6, 6.07) is 8.14. The summed E-state index contributed by atoms with van der Waals surface area (Å²) < 4.78 is 63.3. The summed E-state index contributed by atoms with van der Waals surface area (Å²) in [5.41, 5.74) is 0.776. The third-order valence-electron chi connectivity index (χ3n) is 5.44. The van der Waals surface area contributed by atoms with Crippen LogP contribution in [-0.4, -0.2) is 61.8 Å². The summed E-state index contributed by atoms with van der Waals surface area (Å²) >= 11 is 0. The molecule has 2 fully saturated rings. The van der Waals surface area contributed by atoms with E-state index in [1.807, 2.05) is 30.3 Å². The Hall–Kier alpha value is -2.20. The molecule has 2 saturated heterocycles. The van der Waals surface area contributed by atoms with Crippen LogP contribution >= 0.6 is 0 Å². The standard InChI is InChI=1S/C22H26F3NO5/c1-4-9-15-17(26(12-5-2)21(27)22(23,24)25)20(28-3)30-16-13-29-19(31-18(15)16)14-10-7-6-8-11-14/h4-8,10-11,15-20H,1-2,9,12-13H2,3H3/t15-,16-,17-,18+,19?,20+/m1/s1. The first-order valence-electron chi connectivity index (χ1n) is 9.91. The van der Waals surface area contributed by atoms with Gasteiger partial charge in [-0.3, -0.25) is 4.79 Å². The molecule has 1 aromatic rings. The summed E-state index contributed by atoms with van der Waals surface area (Å²) in [5, 5.41) is 0. The van der Waals surface area contributed by atoms with Gasteiger partial charge in [-0.1, -0.05) is 42.5 Å². The van der Waals surface area contributed by atoms with E-state index in [1.54, 1.807) is 6.08 Å². The molecule has 6 atom stereocenters. The van der Waals surface area contributed by atoms with Crippen molar-refractivity contribution in [1.82, 2.24) is 4.90 Å². The topological polar surface area (TPSA) is 57.2 Å². The summed E-state index contributed by atoms with van der Waals surface area (Å²) in [5.74, 6) is -2.55. The van der Waals surface area contributed by atoms with E-state index >= 15 is 0 Å². The van der Waals surface area contributed by atoms with Crippen LogP contribution in [0.2, 0.25) is 0 Å². The smallest absolute Gasteiger partial charge is 0.354 e. The Morgan fingerprint density at radius 3 is 2.52 bits per heavy atom. The maximum atomic E-state index is 13.4. The zero-order chi connectivity index (χ0) is 22.6. The maximum Gasteiger partial charge on any atom is 0.471 e. The van der Waals surface area contributed by atoms with E-state index < -0.39 is 48.8 Å². The number of hydrogen-bond donors (Lipinski definition) is 0. The summed E-state index contributed by atoms with van der Waals surface area (Å²) in [7, 11) is 1.32. The Bertz CT molecular complexity index is 772. The molecule has 1 unspecified atom stereocenters. The Balaban J connectivity index is 1.96. The molecule has 0 spiro atoms. The molecule has 2 aliphatic heterocycles. The van der Waals surface area contributed by atoms with Gasteiger partial charge in [0.25, 0.3) is 0 Å². The Morgan fingerprint density at radius 1 is 1.23 bits per heavy atom. The van der Waals surface area contributed by atoms with E-state index in [0.29, 0.717) is 4.90 Å². The van der Waals surface area contributed by atoms with E-state index in [0.717, 1.165) is 5.56 Å². The predicted molar refractivity (Wildman–Crippen MR) is 106 cm³/mol. The minimum Gasteiger partial charge on any atom is -0.354 e. The first-order chi connectivity index (χ1) is 14.8. The lowest BCUT2D eigenvalue weighted by Crippen LogP contribution is -2.65. The lowest BCUT2D eigenvalue weighted by molar-refractivity contribution is -0.341. The second-order valence-electron chi connectivity index (χ2n) is 7.38. The zero-order valence-corrected chi connectivity index (χ0v) is 17.2. The van der Waals surface area contributed by atoms with Gasteiger partial charge in [0.15, 0.2) is 12.6 Å². The number of fused-ring (bicyclic) bond motifs is 1. The SMILES string of the molecule is C=CC[C@H]1[C@@H]2OC(c3ccccc3)OC[C@H]2O[C@H](OC)[C@@H]1N(CC=C)C(=O)C(F)(F)F. The largest absolute Gasteiger partial charge is 0.471 e. The molecule has 1 amide bonds. The highest BCUT2D eigenvalue weighted by molar-refractivity contribution is 5.82. The molecule has 0 aromatic heterocycles. The number of methoxy groups -OCH3 is 1. The van der Waals surface area contributed by atoms with Crippen LogP contribution in [0.5, 0.6) is 0 Å². The number of ether oxygens (including phenoxy) is 4. The third kappa shape index (κ3) is 5.01. The van der Waals surface area contributed by atoms with Gasteiger partial charge in [-0.15, -0.1) is 13.2 Å². The van der Waals surface area contributed by atoms with Crippen molar-refractivity contribution >= 4 is 5.91 Å². The van der Waals surface area contributed by atoms with Crippen LogP contribution in [0.1, 0.15) is 18.3 Å². The summed E-state index contributed by atoms with van der Waals surface area (Å²) in [6.07, 6.45) is -4.95. The minimum atomic E-state index is -5.06. The van der Waals surface area contributed by atoms with Gasteiger partial charge in [-0.05, 0) is 6.42 Å². The van der Waals surface area contributed by atoms with Crippen LogP contribution < -0.4 is 0 Å². The molecule has 170 valence electrons. The lowest BCUT2D eigenvalue weighted by Gasteiger charge is -2.52. The van der Waals surface area contributed by atoms with Crippen molar-refractivity contribution in [3.63, 3.8) is 0 Å². The number of rotatable bonds is 7. The fourth-order valence-corrected chi connectivity index (χ4v) is 4.15. The van der Waals surface area contributed by atoms with Gasteiger partial charge in [0.05, 0.1) is 18.8 Å². The van der Waals surface area contributed by atoms with Gasteiger partial charge >= 0.3 is 12.1 Å². The van der Waals surface area contributed by atoms with Crippen LogP contribution in [-0.2, 0) is 23.7 Å². The predicted octanol–water partition coefficient (Wildman–Crippen LogP) is 3.61. The second-order valence-corrected chi connectivity index (χ2v) is 7.38. The van der Waals surface area contributed by atoms with Crippen molar-refractivity contribution in [3.8, 4) is 0 Å². The number of hydrogen-bond acceptors (Lipinski definition) is 5. The average Bonchev–Trinajstić information content (AvgIpc) is 2.77. The maximum absolute atomic E-state index is 13.4. The van der Waals surface area contributed by atoms with Crippen LogP contribution in [0.3, 0.4) is 0 Å². The fourth-order valence-electron chi connectivity index (χ4n) is 4.15. The van der Waals surface area contributed by atoms with Gasteiger partial charge in [0, 0.05) is 25.1 Å². The number of carbonyl (C=O) groups excluding carboxylic acids is 1. The highest BCUT2D eigenvalue weighted by Crippen LogP contribution is 2.41. The molecule has 0 bridgehead atoms. The summed E-state index contributed by atoms with van der Waals surface area (Å²) in [4.78, 5) is 13.0. The number of benzene rings is 1. The Labute approximate surface area is 179 Å². The van der Waals surface area contributed by atoms with Crippen LogP contribution in [0.15, 0.2) is 55.6 Å². The molecule has 0 N–H and O–H groups in total. The molecule has 2 aliphatic rings. The second kappa shape index (κ2) is 9.95. The van der Waals surface area contributed by atoms with Crippen molar-refractivity contribution < 1.29 is 36.9 Å². The molecule has 2 heterocycles. The minimum absolute atomic E-state index is 0.166. The lowest BCUT2D eigenvalue weighted by atomic mass is 9.82. The average molecular weight is 441 g/mol. The van der Waals surface area contributed by atoms with E-state index in [1.165, 1.54) is 13.2 Å². The molecular weight excluding hydrogens is 415 g/mol. The first-order valence-corrected chi connectivity index (χ1v) is 9.91. The molecule has 0 aliphatic carbocycles. The number of allylic oxidation sites excluding steroid dienone is 1. The van der Waals surface area contributed by atoms with Crippen molar-refractivity contribution in [2.24, 2.45) is 5.92 Å². The molecule has 6 nitrogen and oxygen atoms in total. The number of nitrogens with zero attached hydrogens (tertiary/aromatic N) is 1. The Morgan fingerprint density at radius 2 is 1.94 bits per heavy atom. The van der Waals surface area contributed by atoms with Gasteiger partial charge < -0.3 is 23.8 Å². The van der Waals surface area contributed by atoms with Crippen LogP contribution in [0, 0.1) is 5.92 Å². The van der Waals surface area contributed by atoms with Gasteiger partial charge in [-0.2, -0.15) is 13.2 Å². The summed E-state index contributed by atoms with van der Waals surface area (Å²) in [6.45, 7) is 7.08.